The molecule has 0 aliphatic carbocycles. The van der Waals surface area contributed by atoms with Gasteiger partial charge in [-0.15, -0.1) is 0 Å². The molecule has 2 atom stereocenters. The molecule has 0 saturated heterocycles. The molecule has 0 saturated carbocycles. The number of carbonyl (C=O) groups is 3. The van der Waals surface area contributed by atoms with E-state index in [1.165, 1.54) is 0 Å². The molecule has 0 aliphatic heterocycles. The van der Waals surface area contributed by atoms with Crippen LogP contribution in [-0.4, -0.2) is 43.3 Å². The van der Waals surface area contributed by atoms with Crippen molar-refractivity contribution in [2.75, 3.05) is 18.9 Å². The highest BCUT2D eigenvalue weighted by Crippen LogP contribution is 2.13. The van der Waals surface area contributed by atoms with Gasteiger partial charge in [-0.2, -0.15) is 0 Å². The number of nitrogens with two attached hydrogens (primary N) is 1. The normalized spacial score (nSPS) is 12.6. The third-order valence-electron chi connectivity index (χ3n) is 5.51. The fourth-order valence-electron chi connectivity index (χ4n) is 3.51. The Kier molecular flexibility index (Phi) is 11.3. The van der Waals surface area contributed by atoms with E-state index in [0.29, 0.717) is 37.9 Å². The Morgan fingerprint density at radius 1 is 0.879 bits per heavy atom. The van der Waals surface area contributed by atoms with Gasteiger partial charge in [-0.05, 0) is 75.9 Å². The first kappa shape index (κ1) is 26.2. The van der Waals surface area contributed by atoms with Crippen molar-refractivity contribution in [1.82, 2.24) is 10.6 Å². The summed E-state index contributed by atoms with van der Waals surface area (Å²) in [5.74, 6) is -0.323. The Labute approximate surface area is 196 Å². The minimum absolute atomic E-state index is 0.149. The summed E-state index contributed by atoms with van der Waals surface area (Å²) in [6.45, 7) is 2.11. The van der Waals surface area contributed by atoms with Crippen LogP contribution in [0.1, 0.15) is 43.7 Å². The van der Waals surface area contributed by atoms with E-state index in [0.717, 1.165) is 24.0 Å². The number of hydrogen-bond acceptors (Lipinski definition) is 5. The number of Topliss-reactive ketones (excluding diaryl/α,β-unsaturated/α-hetero) is 1. The molecule has 7 nitrogen and oxygen atoms in total. The molecule has 178 valence electrons. The number of amides is 2. The Hall–Kier alpha value is -3.03. The second-order valence-electron chi connectivity index (χ2n) is 8.26. The quantitative estimate of drug-likeness (QED) is 0.329. The molecule has 0 heterocycles. The maximum Gasteiger partial charge on any atom is 0.246 e. The van der Waals surface area contributed by atoms with Crippen LogP contribution in [-0.2, 0) is 27.2 Å². The van der Waals surface area contributed by atoms with E-state index < -0.39 is 12.1 Å². The van der Waals surface area contributed by atoms with Gasteiger partial charge in [-0.3, -0.25) is 9.59 Å². The molecule has 0 bridgehead atoms. The number of rotatable bonds is 14. The van der Waals surface area contributed by atoms with Gasteiger partial charge in [0.2, 0.25) is 11.8 Å². The van der Waals surface area contributed by atoms with E-state index in [1.807, 2.05) is 54.6 Å². The number of nitrogens with one attached hydrogen (secondary N) is 3. The van der Waals surface area contributed by atoms with Crippen molar-refractivity contribution in [1.29, 1.82) is 0 Å². The number of likely N-dealkylation sites (N-methyl/N-ethyl adjacent to an activating group) is 1. The molecule has 0 unspecified atom stereocenters. The van der Waals surface area contributed by atoms with Crippen molar-refractivity contribution in [3.8, 4) is 0 Å². The summed E-state index contributed by atoms with van der Waals surface area (Å²) in [6.07, 6.45) is 3.73. The molecule has 2 amide bonds. The number of hydrogen-bond donors (Lipinski definition) is 4. The molecule has 0 spiro atoms. The Morgan fingerprint density at radius 3 is 2.18 bits per heavy atom. The van der Waals surface area contributed by atoms with Gasteiger partial charge in [0.15, 0.2) is 0 Å². The maximum absolute atomic E-state index is 13.0. The molecule has 7 heteroatoms. The van der Waals surface area contributed by atoms with E-state index in [9.17, 15) is 14.4 Å². The van der Waals surface area contributed by atoms with Crippen LogP contribution in [0.3, 0.4) is 0 Å². The second kappa shape index (κ2) is 14.2. The third-order valence-corrected chi connectivity index (χ3v) is 5.51. The predicted octanol–water partition coefficient (Wildman–Crippen LogP) is 2.59. The fourth-order valence-corrected chi connectivity index (χ4v) is 3.51. The first-order valence-electron chi connectivity index (χ1n) is 11.5. The highest BCUT2D eigenvalue weighted by Gasteiger charge is 2.25. The van der Waals surface area contributed by atoms with Crippen LogP contribution in [0.25, 0.3) is 0 Å². The molecule has 33 heavy (non-hydrogen) atoms. The lowest BCUT2D eigenvalue weighted by Gasteiger charge is -2.22. The lowest BCUT2D eigenvalue weighted by Crippen LogP contribution is -2.51. The van der Waals surface area contributed by atoms with Gasteiger partial charge in [0.25, 0.3) is 0 Å². The zero-order valence-corrected chi connectivity index (χ0v) is 19.6. The van der Waals surface area contributed by atoms with Crippen molar-refractivity contribution in [2.45, 2.75) is 57.5 Å². The zero-order valence-electron chi connectivity index (χ0n) is 19.6. The van der Waals surface area contributed by atoms with E-state index in [1.54, 1.807) is 14.0 Å². The van der Waals surface area contributed by atoms with Gasteiger partial charge in [-0.1, -0.05) is 42.5 Å². The Bertz CT molecular complexity index is 884. The lowest BCUT2D eigenvalue weighted by atomic mass is 10.0. The molecule has 0 aromatic heterocycles. The van der Waals surface area contributed by atoms with Crippen LogP contribution in [0.5, 0.6) is 0 Å². The summed E-state index contributed by atoms with van der Waals surface area (Å²) in [5, 5.41) is 8.87. The van der Waals surface area contributed by atoms with E-state index >= 15 is 0 Å². The summed E-state index contributed by atoms with van der Waals surface area (Å²) >= 11 is 0. The summed E-state index contributed by atoms with van der Waals surface area (Å²) < 4.78 is 0. The van der Waals surface area contributed by atoms with Crippen LogP contribution in [0.2, 0.25) is 0 Å². The Morgan fingerprint density at radius 2 is 1.58 bits per heavy atom. The number of anilines is 1. The standard InChI is InChI=1S/C26H36N4O3/c1-19(31)11-12-20-13-15-22(16-14-20)29-25(32)23(10-6-7-17-27)30-26(33)24(28-2)18-21-8-4-3-5-9-21/h3-5,8-9,13-16,23-24,28H,6-7,10-12,17-18,27H2,1-2H3,(H,29,32)(H,30,33)/t23-,24-/m0/s1. The minimum Gasteiger partial charge on any atom is -0.343 e. The van der Waals surface area contributed by atoms with Crippen LogP contribution in [0.15, 0.2) is 54.6 Å². The molecule has 2 rings (SSSR count). The third kappa shape index (κ3) is 9.55. The SMILES string of the molecule is CN[C@@H](Cc1ccccc1)C(=O)N[C@@H](CCCCN)C(=O)Nc1ccc(CCC(C)=O)cc1. The second-order valence-corrected chi connectivity index (χ2v) is 8.26. The van der Waals surface area contributed by atoms with Gasteiger partial charge < -0.3 is 26.5 Å². The van der Waals surface area contributed by atoms with Crippen LogP contribution >= 0.6 is 0 Å². The predicted molar refractivity (Wildman–Crippen MR) is 132 cm³/mol. The molecular formula is C26H36N4O3. The Balaban J connectivity index is 2.01. The van der Waals surface area contributed by atoms with Crippen molar-refractivity contribution >= 4 is 23.3 Å². The largest absolute Gasteiger partial charge is 0.343 e. The van der Waals surface area contributed by atoms with Crippen LogP contribution < -0.4 is 21.7 Å². The van der Waals surface area contributed by atoms with Crippen LogP contribution in [0.4, 0.5) is 5.69 Å². The van der Waals surface area contributed by atoms with Crippen molar-refractivity contribution in [2.24, 2.45) is 5.73 Å². The first-order valence-corrected chi connectivity index (χ1v) is 11.5. The smallest absolute Gasteiger partial charge is 0.246 e. The van der Waals surface area contributed by atoms with Crippen molar-refractivity contribution < 1.29 is 14.4 Å². The number of benzene rings is 2. The van der Waals surface area contributed by atoms with Gasteiger partial charge >= 0.3 is 0 Å². The van der Waals surface area contributed by atoms with Gasteiger partial charge in [-0.25, -0.2) is 0 Å². The summed E-state index contributed by atoms with van der Waals surface area (Å²) in [4.78, 5) is 37.1. The van der Waals surface area contributed by atoms with Crippen LogP contribution in [0, 0.1) is 0 Å². The number of aryl methyl sites for hydroxylation is 1. The lowest BCUT2D eigenvalue weighted by molar-refractivity contribution is -0.128. The van der Waals surface area contributed by atoms with Gasteiger partial charge in [0, 0.05) is 12.1 Å². The average molecular weight is 453 g/mol. The molecule has 0 fully saturated rings. The summed E-state index contributed by atoms with van der Waals surface area (Å²) in [5.41, 5.74) is 8.34. The monoisotopic (exact) mass is 452 g/mol. The number of ketones is 1. The topological polar surface area (TPSA) is 113 Å². The van der Waals surface area contributed by atoms with E-state index in [2.05, 4.69) is 16.0 Å². The molecule has 2 aromatic carbocycles. The first-order chi connectivity index (χ1) is 15.9. The summed E-state index contributed by atoms with van der Waals surface area (Å²) in [6, 6.07) is 16.1. The fraction of sp³-hybridized carbons (Fsp3) is 0.423. The highest BCUT2D eigenvalue weighted by molar-refractivity contribution is 5.97. The maximum atomic E-state index is 13.0. The molecule has 0 radical (unpaired) electrons. The molecular weight excluding hydrogens is 416 g/mol. The molecule has 0 aliphatic rings. The van der Waals surface area contributed by atoms with Crippen molar-refractivity contribution in [3.05, 3.63) is 65.7 Å². The highest BCUT2D eigenvalue weighted by atomic mass is 16.2. The number of carbonyl (C=O) groups excluding carboxylic acids is 3. The van der Waals surface area contributed by atoms with E-state index in [4.69, 9.17) is 5.73 Å². The zero-order chi connectivity index (χ0) is 24.1. The van der Waals surface area contributed by atoms with Gasteiger partial charge in [0.1, 0.15) is 11.8 Å². The molecule has 2 aromatic rings. The summed E-state index contributed by atoms with van der Waals surface area (Å²) in [7, 11) is 1.74. The molecule has 5 N–H and O–H groups in total. The van der Waals surface area contributed by atoms with Crippen molar-refractivity contribution in [3.63, 3.8) is 0 Å². The van der Waals surface area contributed by atoms with E-state index in [-0.39, 0.29) is 17.6 Å². The van der Waals surface area contributed by atoms with Gasteiger partial charge in [0.05, 0.1) is 6.04 Å². The average Bonchev–Trinajstić information content (AvgIpc) is 2.82. The minimum atomic E-state index is -0.659. The number of unbranched alkanes of at least 4 members (excludes halogenated alkanes) is 1.